The van der Waals surface area contributed by atoms with Crippen molar-refractivity contribution < 1.29 is 19.1 Å². The zero-order chi connectivity index (χ0) is 21.5. The summed E-state index contributed by atoms with van der Waals surface area (Å²) < 4.78 is 11.2. The number of esters is 1. The Morgan fingerprint density at radius 2 is 1.83 bits per heavy atom. The molecule has 0 bridgehead atoms. The Labute approximate surface area is 186 Å². The van der Waals surface area contributed by atoms with Crippen LogP contribution in [0.25, 0.3) is 6.08 Å². The van der Waals surface area contributed by atoms with Gasteiger partial charge in [-0.1, -0.05) is 73.4 Å². The highest BCUT2D eigenvalue weighted by molar-refractivity contribution is 8.26. The number of hydrogen-bond acceptors (Lipinski definition) is 6. The lowest BCUT2D eigenvalue weighted by Gasteiger charge is -2.25. The molecule has 1 fully saturated rings. The van der Waals surface area contributed by atoms with Crippen molar-refractivity contribution in [2.45, 2.75) is 26.3 Å². The molecular weight excluding hydrogens is 418 g/mol. The van der Waals surface area contributed by atoms with Crippen LogP contribution in [0, 0.1) is 0 Å². The lowest BCUT2D eigenvalue weighted by molar-refractivity contribution is -0.151. The molecule has 2 aromatic carbocycles. The number of rotatable bonds is 8. The first-order valence-corrected chi connectivity index (χ1v) is 11.0. The maximum Gasteiger partial charge on any atom is 0.333 e. The van der Waals surface area contributed by atoms with E-state index in [9.17, 15) is 9.59 Å². The van der Waals surface area contributed by atoms with Crippen molar-refractivity contribution in [3.05, 3.63) is 70.6 Å². The normalized spacial score (nSPS) is 16.1. The predicted molar refractivity (Wildman–Crippen MR) is 123 cm³/mol. The summed E-state index contributed by atoms with van der Waals surface area (Å²) in [5, 5.41) is 0. The van der Waals surface area contributed by atoms with Gasteiger partial charge in [0.1, 0.15) is 10.1 Å². The molecule has 1 atom stereocenters. The van der Waals surface area contributed by atoms with Crippen LogP contribution in [0.15, 0.2) is 59.5 Å². The average Bonchev–Trinajstić information content (AvgIpc) is 3.02. The Hall–Kier alpha value is -2.64. The Kier molecular flexibility index (Phi) is 7.65. The highest BCUT2D eigenvalue weighted by atomic mass is 32.2. The Bertz CT molecular complexity index is 941. The fourth-order valence-corrected chi connectivity index (χ4v) is 4.30. The summed E-state index contributed by atoms with van der Waals surface area (Å²) in [6.07, 6.45) is 2.47. The fourth-order valence-electron chi connectivity index (χ4n) is 2.99. The van der Waals surface area contributed by atoms with Crippen molar-refractivity contribution in [2.24, 2.45) is 0 Å². The number of ether oxygens (including phenoxy) is 2. The minimum absolute atomic E-state index is 0.291. The number of thiocarbonyl (C=S) groups is 1. The minimum atomic E-state index is -0.906. The number of carbonyl (C=O) groups is 2. The highest BCUT2D eigenvalue weighted by Gasteiger charge is 2.42. The molecule has 156 valence electrons. The maximum atomic E-state index is 13.2. The first-order valence-electron chi connectivity index (χ1n) is 9.76. The van der Waals surface area contributed by atoms with E-state index in [-0.39, 0.29) is 5.91 Å². The molecule has 0 N–H and O–H groups in total. The second-order valence-corrected chi connectivity index (χ2v) is 8.21. The summed E-state index contributed by atoms with van der Waals surface area (Å²) in [6.45, 7) is 4.73. The van der Waals surface area contributed by atoms with Gasteiger partial charge < -0.3 is 9.47 Å². The van der Waals surface area contributed by atoms with E-state index in [0.717, 1.165) is 11.3 Å². The van der Waals surface area contributed by atoms with E-state index in [1.165, 1.54) is 16.7 Å². The van der Waals surface area contributed by atoms with Gasteiger partial charge in [0.15, 0.2) is 6.04 Å². The van der Waals surface area contributed by atoms with Crippen molar-refractivity contribution in [3.63, 3.8) is 0 Å². The number of nitrogens with zero attached hydrogens (tertiary/aromatic N) is 1. The third-order valence-electron chi connectivity index (χ3n) is 4.36. The molecular formula is C23H23NO4S2. The number of benzene rings is 2. The second-order valence-electron chi connectivity index (χ2n) is 6.53. The fraction of sp³-hybridized carbons (Fsp3) is 0.261. The van der Waals surface area contributed by atoms with Gasteiger partial charge in [-0.2, -0.15) is 0 Å². The van der Waals surface area contributed by atoms with E-state index in [1.807, 2.05) is 56.3 Å². The predicted octanol–water partition coefficient (Wildman–Crippen LogP) is 4.98. The Balaban J connectivity index is 1.89. The molecule has 0 aliphatic carbocycles. The van der Waals surface area contributed by atoms with Gasteiger partial charge in [-0.15, -0.1) is 0 Å². The van der Waals surface area contributed by atoms with E-state index in [2.05, 4.69) is 0 Å². The first-order chi connectivity index (χ1) is 14.5. The summed E-state index contributed by atoms with van der Waals surface area (Å²) >= 11 is 6.66. The van der Waals surface area contributed by atoms with Crippen LogP contribution in [0.2, 0.25) is 0 Å². The molecule has 30 heavy (non-hydrogen) atoms. The van der Waals surface area contributed by atoms with Crippen LogP contribution in [-0.4, -0.2) is 34.3 Å². The summed E-state index contributed by atoms with van der Waals surface area (Å²) in [4.78, 5) is 27.8. The Morgan fingerprint density at radius 3 is 2.47 bits per heavy atom. The van der Waals surface area contributed by atoms with Crippen molar-refractivity contribution in [3.8, 4) is 5.75 Å². The standard InChI is InChI=1S/C23H23NO4S2/c1-3-14-28-22(26)20(17-8-6-5-7-9-17)24-21(25)19(30-23(24)29)15-16-10-12-18(13-11-16)27-4-2/h5-13,15,20H,3-4,14H2,1-2H3/b19-15-. The summed E-state index contributed by atoms with van der Waals surface area (Å²) in [5.74, 6) is -0.0205. The molecule has 0 saturated carbocycles. The third-order valence-corrected chi connectivity index (χ3v) is 5.69. The van der Waals surface area contributed by atoms with Crippen molar-refractivity contribution in [2.75, 3.05) is 13.2 Å². The molecule has 2 aromatic rings. The molecule has 1 aliphatic heterocycles. The molecule has 1 amide bonds. The molecule has 0 aromatic heterocycles. The molecule has 1 heterocycles. The van der Waals surface area contributed by atoms with E-state index >= 15 is 0 Å². The van der Waals surface area contributed by atoms with Gasteiger partial charge >= 0.3 is 5.97 Å². The van der Waals surface area contributed by atoms with Crippen LogP contribution in [-0.2, 0) is 14.3 Å². The van der Waals surface area contributed by atoms with Crippen LogP contribution < -0.4 is 4.74 Å². The molecule has 1 aliphatic rings. The molecule has 1 unspecified atom stereocenters. The number of amides is 1. The molecule has 1 saturated heterocycles. The summed E-state index contributed by atoms with van der Waals surface area (Å²) in [5.41, 5.74) is 1.51. The van der Waals surface area contributed by atoms with E-state index < -0.39 is 12.0 Å². The molecule has 3 rings (SSSR count). The molecule has 5 nitrogen and oxygen atoms in total. The van der Waals surface area contributed by atoms with Gasteiger partial charge in [-0.3, -0.25) is 9.69 Å². The van der Waals surface area contributed by atoms with E-state index in [4.69, 9.17) is 21.7 Å². The van der Waals surface area contributed by atoms with Crippen LogP contribution in [0.1, 0.15) is 37.4 Å². The van der Waals surface area contributed by atoms with Gasteiger partial charge in [0.05, 0.1) is 18.1 Å². The monoisotopic (exact) mass is 441 g/mol. The van der Waals surface area contributed by atoms with E-state index in [1.54, 1.807) is 18.2 Å². The zero-order valence-electron chi connectivity index (χ0n) is 16.9. The largest absolute Gasteiger partial charge is 0.494 e. The first kappa shape index (κ1) is 22.1. The molecule has 0 spiro atoms. The van der Waals surface area contributed by atoms with Crippen LogP contribution in [0.4, 0.5) is 0 Å². The SMILES string of the molecule is CCCOC(=O)C(c1ccccc1)N1C(=O)/C(=C/c2ccc(OCC)cc2)SC1=S. The Morgan fingerprint density at radius 1 is 1.13 bits per heavy atom. The van der Waals surface area contributed by atoms with Gasteiger partial charge in [0, 0.05) is 0 Å². The topological polar surface area (TPSA) is 55.8 Å². The van der Waals surface area contributed by atoms with Gasteiger partial charge in [0.25, 0.3) is 5.91 Å². The number of carbonyl (C=O) groups excluding carboxylic acids is 2. The van der Waals surface area contributed by atoms with Gasteiger partial charge in [-0.25, -0.2) is 4.79 Å². The number of thioether (sulfide) groups is 1. The molecule has 0 radical (unpaired) electrons. The van der Waals surface area contributed by atoms with Crippen molar-refractivity contribution in [1.82, 2.24) is 4.90 Å². The summed E-state index contributed by atoms with van der Waals surface area (Å²) in [6, 6.07) is 15.6. The quantitative estimate of drug-likeness (QED) is 0.327. The third kappa shape index (κ3) is 5.09. The smallest absolute Gasteiger partial charge is 0.333 e. The maximum absolute atomic E-state index is 13.2. The van der Waals surface area contributed by atoms with Crippen LogP contribution >= 0.6 is 24.0 Å². The number of hydrogen-bond donors (Lipinski definition) is 0. The van der Waals surface area contributed by atoms with Crippen molar-refractivity contribution >= 4 is 46.3 Å². The van der Waals surface area contributed by atoms with Crippen molar-refractivity contribution in [1.29, 1.82) is 0 Å². The molecule has 7 heteroatoms. The summed E-state index contributed by atoms with van der Waals surface area (Å²) in [7, 11) is 0. The van der Waals surface area contributed by atoms with Gasteiger partial charge in [-0.05, 0) is 42.7 Å². The van der Waals surface area contributed by atoms with Gasteiger partial charge in [0.2, 0.25) is 0 Å². The minimum Gasteiger partial charge on any atom is -0.494 e. The highest BCUT2D eigenvalue weighted by Crippen LogP contribution is 2.38. The van der Waals surface area contributed by atoms with Crippen LogP contribution in [0.5, 0.6) is 5.75 Å². The average molecular weight is 442 g/mol. The zero-order valence-corrected chi connectivity index (χ0v) is 18.5. The lowest BCUT2D eigenvalue weighted by atomic mass is 10.1. The van der Waals surface area contributed by atoms with E-state index in [0.29, 0.717) is 34.4 Å². The van der Waals surface area contributed by atoms with Crippen LogP contribution in [0.3, 0.4) is 0 Å². The lowest BCUT2D eigenvalue weighted by Crippen LogP contribution is -2.38. The second kappa shape index (κ2) is 10.4.